The van der Waals surface area contributed by atoms with Crippen molar-refractivity contribution >= 4 is 15.7 Å². The van der Waals surface area contributed by atoms with E-state index >= 15 is 0 Å². The van der Waals surface area contributed by atoms with Crippen molar-refractivity contribution in [3.63, 3.8) is 0 Å². The maximum absolute atomic E-state index is 13.5. The quantitative estimate of drug-likeness (QED) is 0.397. The van der Waals surface area contributed by atoms with Crippen molar-refractivity contribution in [2.24, 2.45) is 5.41 Å². The Morgan fingerprint density at radius 3 is 2.14 bits per heavy atom. The Labute approximate surface area is 215 Å². The van der Waals surface area contributed by atoms with E-state index in [0.717, 1.165) is 18.4 Å². The maximum Gasteiger partial charge on any atom is 0.250 e. The number of carbonyl (C=O) groups excluding carboxylic acids is 1. The van der Waals surface area contributed by atoms with Gasteiger partial charge in [0, 0.05) is 0 Å². The molecule has 3 aromatic carbocycles. The standard InChI is InChI=1S/C28H28FNO6S/c29-21-6-8-22(9-7-21)35-23-12-14-26(15-13-23)37(32,33)19-28(16-24-10-11-25(17-28)36-24)27(31)30-34-18-20-4-2-1-3-5-20/h1-9,12-15,24-25H,10-11,16-19H2,(H,30,31)/t24-,25+,28+. The summed E-state index contributed by atoms with van der Waals surface area (Å²) in [6.45, 7) is 0.175. The number of hydrogen-bond acceptors (Lipinski definition) is 6. The Morgan fingerprint density at radius 2 is 1.51 bits per heavy atom. The van der Waals surface area contributed by atoms with Crippen molar-refractivity contribution in [2.75, 3.05) is 5.75 Å². The van der Waals surface area contributed by atoms with E-state index in [1.54, 1.807) is 12.1 Å². The third-order valence-corrected chi connectivity index (χ3v) is 8.78. The highest BCUT2D eigenvalue weighted by atomic mass is 32.2. The summed E-state index contributed by atoms with van der Waals surface area (Å²) in [7, 11) is -3.83. The molecule has 1 N–H and O–H groups in total. The molecule has 37 heavy (non-hydrogen) atoms. The molecule has 9 heteroatoms. The zero-order chi connectivity index (χ0) is 25.9. The van der Waals surface area contributed by atoms with Crippen LogP contribution < -0.4 is 10.2 Å². The van der Waals surface area contributed by atoms with Crippen LogP contribution in [0.2, 0.25) is 0 Å². The number of benzene rings is 3. The molecule has 3 aromatic rings. The van der Waals surface area contributed by atoms with Crippen molar-refractivity contribution < 1.29 is 31.9 Å². The van der Waals surface area contributed by atoms with Gasteiger partial charge in [0.05, 0.1) is 34.9 Å². The maximum atomic E-state index is 13.5. The van der Waals surface area contributed by atoms with E-state index in [1.807, 2.05) is 30.3 Å². The summed E-state index contributed by atoms with van der Waals surface area (Å²) in [5.74, 6) is -0.325. The second-order valence-electron chi connectivity index (χ2n) is 9.64. The fraction of sp³-hybridized carbons (Fsp3) is 0.321. The fourth-order valence-corrected chi connectivity index (χ4v) is 6.88. The number of ether oxygens (including phenoxy) is 2. The Hall–Kier alpha value is -3.27. The number of amides is 1. The molecular weight excluding hydrogens is 497 g/mol. The normalized spacial score (nSPS) is 22.9. The van der Waals surface area contributed by atoms with Crippen molar-refractivity contribution in [3.8, 4) is 11.5 Å². The number of sulfone groups is 1. The van der Waals surface area contributed by atoms with Gasteiger partial charge in [-0.05, 0) is 79.8 Å². The molecule has 0 spiro atoms. The van der Waals surface area contributed by atoms with Gasteiger partial charge >= 0.3 is 0 Å². The van der Waals surface area contributed by atoms with E-state index in [1.165, 1.54) is 36.4 Å². The third-order valence-electron chi connectivity index (χ3n) is 6.86. The summed E-state index contributed by atoms with van der Waals surface area (Å²) in [6, 6.07) is 20.9. The Bertz CT molecular complexity index is 1320. The minimum Gasteiger partial charge on any atom is -0.457 e. The van der Waals surface area contributed by atoms with Crippen LogP contribution in [-0.4, -0.2) is 32.3 Å². The molecule has 194 valence electrons. The highest BCUT2D eigenvalue weighted by Crippen LogP contribution is 2.45. The molecule has 2 aliphatic heterocycles. The Kier molecular flexibility index (Phi) is 7.28. The summed E-state index contributed by atoms with van der Waals surface area (Å²) in [5, 5.41) is 0. The summed E-state index contributed by atoms with van der Waals surface area (Å²) in [6.07, 6.45) is 1.94. The monoisotopic (exact) mass is 525 g/mol. The minimum atomic E-state index is -3.83. The van der Waals surface area contributed by atoms with E-state index in [0.29, 0.717) is 24.3 Å². The molecule has 1 amide bonds. The van der Waals surface area contributed by atoms with Crippen molar-refractivity contribution in [1.82, 2.24) is 5.48 Å². The van der Waals surface area contributed by atoms with Gasteiger partial charge in [-0.25, -0.2) is 18.3 Å². The molecule has 7 nitrogen and oxygen atoms in total. The van der Waals surface area contributed by atoms with Crippen LogP contribution in [0.4, 0.5) is 4.39 Å². The number of rotatable bonds is 9. The predicted octanol–water partition coefficient (Wildman–Crippen LogP) is 4.97. The molecule has 2 heterocycles. The van der Waals surface area contributed by atoms with Crippen LogP contribution in [0.5, 0.6) is 11.5 Å². The third kappa shape index (κ3) is 6.01. The molecule has 2 aliphatic rings. The highest BCUT2D eigenvalue weighted by Gasteiger charge is 2.52. The SMILES string of the molecule is O=C(NOCc1ccccc1)[C@@]1(CS(=O)(=O)c2ccc(Oc3ccc(F)cc3)cc2)C[C@H]2CC[C@@H](C1)O2. The highest BCUT2D eigenvalue weighted by molar-refractivity contribution is 7.91. The molecule has 2 fully saturated rings. The van der Waals surface area contributed by atoms with E-state index < -0.39 is 21.2 Å². The second kappa shape index (κ2) is 10.6. The van der Waals surface area contributed by atoms with Gasteiger partial charge in [-0.1, -0.05) is 30.3 Å². The zero-order valence-electron chi connectivity index (χ0n) is 20.1. The molecule has 0 saturated carbocycles. The molecule has 3 atom stereocenters. The second-order valence-corrected chi connectivity index (χ2v) is 11.6. The van der Waals surface area contributed by atoms with Gasteiger partial charge in [-0.15, -0.1) is 0 Å². The molecule has 2 saturated heterocycles. The summed E-state index contributed by atoms with van der Waals surface area (Å²) < 4.78 is 51.7. The van der Waals surface area contributed by atoms with Crippen LogP contribution in [0, 0.1) is 11.2 Å². The summed E-state index contributed by atoms with van der Waals surface area (Å²) in [5.41, 5.74) is 2.24. The lowest BCUT2D eigenvalue weighted by atomic mass is 9.78. The van der Waals surface area contributed by atoms with Gasteiger partial charge in [0.25, 0.3) is 5.91 Å². The van der Waals surface area contributed by atoms with Gasteiger partial charge in [-0.3, -0.25) is 9.63 Å². The Morgan fingerprint density at radius 1 is 0.919 bits per heavy atom. The van der Waals surface area contributed by atoms with Crippen LogP contribution in [-0.2, 0) is 30.8 Å². The lowest BCUT2D eigenvalue weighted by Crippen LogP contribution is -2.51. The van der Waals surface area contributed by atoms with Crippen LogP contribution in [0.25, 0.3) is 0 Å². The lowest BCUT2D eigenvalue weighted by molar-refractivity contribution is -0.153. The molecule has 0 aliphatic carbocycles. The van der Waals surface area contributed by atoms with Gasteiger partial charge in [0.15, 0.2) is 9.84 Å². The van der Waals surface area contributed by atoms with E-state index in [4.69, 9.17) is 14.3 Å². The van der Waals surface area contributed by atoms with E-state index in [2.05, 4.69) is 5.48 Å². The van der Waals surface area contributed by atoms with Gasteiger partial charge in [-0.2, -0.15) is 0 Å². The first-order chi connectivity index (χ1) is 17.8. The average molecular weight is 526 g/mol. The average Bonchev–Trinajstić information content (AvgIpc) is 3.24. The predicted molar refractivity (Wildman–Crippen MR) is 134 cm³/mol. The van der Waals surface area contributed by atoms with Crippen LogP contribution in [0.15, 0.2) is 83.8 Å². The van der Waals surface area contributed by atoms with Crippen LogP contribution in [0.1, 0.15) is 31.2 Å². The first-order valence-electron chi connectivity index (χ1n) is 12.2. The smallest absolute Gasteiger partial charge is 0.250 e. The number of hydroxylamine groups is 1. The molecule has 5 rings (SSSR count). The first-order valence-corrected chi connectivity index (χ1v) is 13.8. The van der Waals surface area contributed by atoms with E-state index in [-0.39, 0.29) is 35.3 Å². The lowest BCUT2D eigenvalue weighted by Gasteiger charge is -2.38. The first kappa shape index (κ1) is 25.4. The molecule has 0 radical (unpaired) electrons. The van der Waals surface area contributed by atoms with Crippen LogP contribution >= 0.6 is 0 Å². The van der Waals surface area contributed by atoms with Gasteiger partial charge in [0.1, 0.15) is 17.3 Å². The Balaban J connectivity index is 1.30. The number of nitrogens with one attached hydrogen (secondary N) is 1. The topological polar surface area (TPSA) is 90.9 Å². The number of hydrogen-bond donors (Lipinski definition) is 1. The molecule has 2 bridgehead atoms. The van der Waals surface area contributed by atoms with Gasteiger partial charge in [0.2, 0.25) is 0 Å². The minimum absolute atomic E-state index is 0.0928. The van der Waals surface area contributed by atoms with Crippen LogP contribution in [0.3, 0.4) is 0 Å². The van der Waals surface area contributed by atoms with Crippen molar-refractivity contribution in [3.05, 3.63) is 90.2 Å². The van der Waals surface area contributed by atoms with Gasteiger partial charge < -0.3 is 9.47 Å². The molecular formula is C28H28FNO6S. The molecule has 0 aromatic heterocycles. The number of carbonyl (C=O) groups is 1. The van der Waals surface area contributed by atoms with Crippen molar-refractivity contribution in [1.29, 1.82) is 0 Å². The fourth-order valence-electron chi connectivity index (χ4n) is 5.07. The van der Waals surface area contributed by atoms with E-state index in [9.17, 15) is 17.6 Å². The summed E-state index contributed by atoms with van der Waals surface area (Å²) >= 11 is 0. The van der Waals surface area contributed by atoms with Crippen molar-refractivity contribution in [2.45, 2.75) is 49.4 Å². The largest absolute Gasteiger partial charge is 0.457 e. The zero-order valence-corrected chi connectivity index (χ0v) is 21.0. The summed E-state index contributed by atoms with van der Waals surface area (Å²) in [4.78, 5) is 19.0. The number of halogens is 1. The number of fused-ring (bicyclic) bond motifs is 2. The molecule has 0 unspecified atom stereocenters.